The van der Waals surface area contributed by atoms with Crippen LogP contribution in [0.25, 0.3) is 0 Å². The van der Waals surface area contributed by atoms with E-state index in [1.807, 2.05) is 11.9 Å². The van der Waals surface area contributed by atoms with Crippen LogP contribution in [0.3, 0.4) is 0 Å². The zero-order valence-corrected chi connectivity index (χ0v) is 13.9. The SMILES string of the molecule is CN1C(=O)[C@H]2[C@@H](NC(=NCCN3CCOCC3)N2C)N(C)C1=O. The van der Waals surface area contributed by atoms with Gasteiger partial charge in [0.15, 0.2) is 12.0 Å². The van der Waals surface area contributed by atoms with Crippen molar-refractivity contribution in [3.63, 3.8) is 0 Å². The van der Waals surface area contributed by atoms with Crippen molar-refractivity contribution in [2.24, 2.45) is 4.99 Å². The zero-order valence-electron chi connectivity index (χ0n) is 13.9. The lowest BCUT2D eigenvalue weighted by atomic mass is 10.1. The van der Waals surface area contributed by atoms with Gasteiger partial charge in [0.1, 0.15) is 6.17 Å². The van der Waals surface area contributed by atoms with Gasteiger partial charge in [-0.2, -0.15) is 0 Å². The number of aliphatic imine (C=N–C) groups is 1. The van der Waals surface area contributed by atoms with Crippen LogP contribution in [-0.2, 0) is 9.53 Å². The van der Waals surface area contributed by atoms with Crippen LogP contribution in [0, 0.1) is 0 Å². The molecule has 0 aromatic carbocycles. The highest BCUT2D eigenvalue weighted by Gasteiger charge is 2.50. The smallest absolute Gasteiger partial charge is 0.327 e. The van der Waals surface area contributed by atoms with E-state index in [1.54, 1.807) is 11.9 Å². The van der Waals surface area contributed by atoms with Gasteiger partial charge < -0.3 is 19.9 Å². The van der Waals surface area contributed by atoms with Crippen LogP contribution in [0.2, 0.25) is 0 Å². The third-order valence-corrected chi connectivity index (χ3v) is 4.70. The van der Waals surface area contributed by atoms with Crippen molar-refractivity contribution in [2.45, 2.75) is 12.2 Å². The molecule has 3 saturated heterocycles. The summed E-state index contributed by atoms with van der Waals surface area (Å²) in [4.78, 5) is 35.8. The first kappa shape index (κ1) is 16.0. The largest absolute Gasteiger partial charge is 0.379 e. The maximum Gasteiger partial charge on any atom is 0.327 e. The number of carbonyl (C=O) groups excluding carboxylic acids is 2. The van der Waals surface area contributed by atoms with E-state index in [4.69, 9.17) is 4.74 Å². The van der Waals surface area contributed by atoms with E-state index in [0.717, 1.165) is 37.7 Å². The van der Waals surface area contributed by atoms with Gasteiger partial charge in [-0.1, -0.05) is 0 Å². The quantitative estimate of drug-likeness (QED) is 0.675. The highest BCUT2D eigenvalue weighted by molar-refractivity contribution is 6.03. The Balaban J connectivity index is 1.64. The molecule has 0 radical (unpaired) electrons. The Kier molecular flexibility index (Phi) is 4.40. The lowest BCUT2D eigenvalue weighted by molar-refractivity contribution is -0.135. The molecule has 23 heavy (non-hydrogen) atoms. The first-order valence-corrected chi connectivity index (χ1v) is 7.89. The molecule has 0 aromatic rings. The molecular formula is C14H24N6O3. The number of hydrogen-bond acceptors (Lipinski definition) is 5. The summed E-state index contributed by atoms with van der Waals surface area (Å²) in [5.74, 6) is 0.461. The summed E-state index contributed by atoms with van der Waals surface area (Å²) in [7, 11) is 5.04. The number of likely N-dealkylation sites (N-methyl/N-ethyl adjacent to an activating group) is 3. The zero-order chi connectivity index (χ0) is 16.6. The van der Waals surface area contributed by atoms with Crippen LogP contribution in [0.4, 0.5) is 4.79 Å². The molecule has 1 N–H and O–H groups in total. The monoisotopic (exact) mass is 324 g/mol. The summed E-state index contributed by atoms with van der Waals surface area (Å²) in [6.45, 7) is 4.91. The lowest BCUT2D eigenvalue weighted by Gasteiger charge is -2.38. The molecule has 3 heterocycles. The number of rotatable bonds is 3. The third-order valence-electron chi connectivity index (χ3n) is 4.70. The first-order valence-electron chi connectivity index (χ1n) is 7.89. The van der Waals surface area contributed by atoms with E-state index in [2.05, 4.69) is 15.2 Å². The number of urea groups is 1. The van der Waals surface area contributed by atoms with Gasteiger partial charge in [0, 0.05) is 40.8 Å². The Labute approximate surface area is 135 Å². The van der Waals surface area contributed by atoms with Crippen molar-refractivity contribution in [1.82, 2.24) is 24.9 Å². The molecule has 0 saturated carbocycles. The molecule has 3 fully saturated rings. The van der Waals surface area contributed by atoms with E-state index in [-0.39, 0.29) is 18.1 Å². The Bertz CT molecular complexity index is 519. The summed E-state index contributed by atoms with van der Waals surface area (Å²) < 4.78 is 5.33. The number of carbonyl (C=O) groups is 2. The Morgan fingerprint density at radius 2 is 1.87 bits per heavy atom. The number of guanidine groups is 1. The van der Waals surface area contributed by atoms with E-state index >= 15 is 0 Å². The van der Waals surface area contributed by atoms with Crippen LogP contribution < -0.4 is 5.32 Å². The summed E-state index contributed by atoms with van der Waals surface area (Å²) >= 11 is 0. The highest BCUT2D eigenvalue weighted by Crippen LogP contribution is 2.22. The molecule has 3 amide bonds. The average molecular weight is 324 g/mol. The maximum absolute atomic E-state index is 12.4. The fourth-order valence-corrected chi connectivity index (χ4v) is 3.19. The minimum atomic E-state index is -0.426. The fourth-order valence-electron chi connectivity index (χ4n) is 3.19. The second-order valence-corrected chi connectivity index (χ2v) is 6.09. The van der Waals surface area contributed by atoms with Gasteiger partial charge in [-0.15, -0.1) is 0 Å². The summed E-state index contributed by atoms with van der Waals surface area (Å²) in [6, 6.07) is -0.725. The van der Waals surface area contributed by atoms with Gasteiger partial charge in [-0.05, 0) is 0 Å². The molecule has 3 rings (SSSR count). The van der Waals surface area contributed by atoms with Crippen molar-refractivity contribution in [3.05, 3.63) is 0 Å². The van der Waals surface area contributed by atoms with Crippen LogP contribution in [0.5, 0.6) is 0 Å². The van der Waals surface area contributed by atoms with Gasteiger partial charge in [-0.3, -0.25) is 19.6 Å². The topological polar surface area (TPSA) is 80.7 Å². The lowest BCUT2D eigenvalue weighted by Crippen LogP contribution is -2.64. The van der Waals surface area contributed by atoms with Crippen molar-refractivity contribution >= 4 is 17.9 Å². The third kappa shape index (κ3) is 2.86. The molecule has 9 heteroatoms. The van der Waals surface area contributed by atoms with Crippen LogP contribution in [0.1, 0.15) is 0 Å². The van der Waals surface area contributed by atoms with Crippen molar-refractivity contribution in [3.8, 4) is 0 Å². The number of morpholine rings is 1. The molecule has 3 aliphatic rings. The number of fused-ring (bicyclic) bond motifs is 1. The van der Waals surface area contributed by atoms with Crippen molar-refractivity contribution in [1.29, 1.82) is 0 Å². The molecule has 0 aliphatic carbocycles. The molecule has 0 bridgehead atoms. The molecule has 0 aromatic heterocycles. The van der Waals surface area contributed by atoms with Crippen molar-refractivity contribution in [2.75, 3.05) is 60.5 Å². The summed E-state index contributed by atoms with van der Waals surface area (Å²) in [5.41, 5.74) is 0. The van der Waals surface area contributed by atoms with Gasteiger partial charge in [0.2, 0.25) is 0 Å². The second-order valence-electron chi connectivity index (χ2n) is 6.09. The number of amides is 3. The molecule has 128 valence electrons. The summed E-state index contributed by atoms with van der Waals surface area (Å²) in [6.07, 6.45) is -0.363. The highest BCUT2D eigenvalue weighted by atomic mass is 16.5. The molecule has 0 unspecified atom stereocenters. The minimum Gasteiger partial charge on any atom is -0.379 e. The first-order chi connectivity index (χ1) is 11.0. The fraction of sp³-hybridized carbons (Fsp3) is 0.786. The van der Waals surface area contributed by atoms with Gasteiger partial charge in [-0.25, -0.2) is 4.79 Å². The van der Waals surface area contributed by atoms with Gasteiger partial charge in [0.05, 0.1) is 19.8 Å². The Morgan fingerprint density at radius 1 is 1.17 bits per heavy atom. The average Bonchev–Trinajstić information content (AvgIpc) is 2.89. The van der Waals surface area contributed by atoms with E-state index in [9.17, 15) is 9.59 Å². The molecule has 9 nitrogen and oxygen atoms in total. The van der Waals surface area contributed by atoms with Gasteiger partial charge in [0.25, 0.3) is 5.91 Å². The van der Waals surface area contributed by atoms with Gasteiger partial charge >= 0.3 is 6.03 Å². The van der Waals surface area contributed by atoms with Crippen molar-refractivity contribution < 1.29 is 14.3 Å². The normalized spacial score (nSPS) is 30.9. The molecule has 2 atom stereocenters. The number of hydrogen-bond donors (Lipinski definition) is 1. The number of ether oxygens (including phenoxy) is 1. The number of nitrogens with one attached hydrogen (secondary N) is 1. The standard InChI is InChI=1S/C14H24N6O3/c1-17-10-11(18(2)14(22)19(3)12(10)21)16-13(17)15-4-5-20-6-8-23-9-7-20/h10-11H,4-9H2,1-3H3,(H,15,16)/t10-,11+/m1/s1. The molecule has 0 spiro atoms. The van der Waals surface area contributed by atoms with E-state index in [0.29, 0.717) is 12.5 Å². The Hall–Kier alpha value is -1.87. The van der Waals surface area contributed by atoms with Crippen LogP contribution in [-0.4, -0.2) is 110 Å². The predicted molar refractivity (Wildman–Crippen MR) is 84.0 cm³/mol. The van der Waals surface area contributed by atoms with E-state index < -0.39 is 6.04 Å². The van der Waals surface area contributed by atoms with E-state index in [1.165, 1.54) is 7.05 Å². The maximum atomic E-state index is 12.4. The predicted octanol–water partition coefficient (Wildman–Crippen LogP) is -1.57. The molecular weight excluding hydrogens is 300 g/mol. The molecule has 3 aliphatic heterocycles. The van der Waals surface area contributed by atoms with Crippen LogP contribution >= 0.6 is 0 Å². The number of nitrogens with zero attached hydrogens (tertiary/aromatic N) is 5. The minimum absolute atomic E-state index is 0.202. The Morgan fingerprint density at radius 3 is 2.57 bits per heavy atom. The second kappa shape index (κ2) is 6.32. The van der Waals surface area contributed by atoms with Crippen LogP contribution in [0.15, 0.2) is 4.99 Å². The number of imide groups is 1. The summed E-state index contributed by atoms with van der Waals surface area (Å²) in [5, 5.41) is 3.20.